The Hall–Kier alpha value is -0.660. The van der Waals surface area contributed by atoms with Crippen LogP contribution in [0.5, 0.6) is 0 Å². The minimum Gasteiger partial charge on any atom is -0.375 e. The molecule has 2 nitrogen and oxygen atoms in total. The maximum atomic E-state index is 3.77. The van der Waals surface area contributed by atoms with Gasteiger partial charge in [-0.05, 0) is 19.3 Å². The minimum atomic E-state index is 0.699. The summed E-state index contributed by atoms with van der Waals surface area (Å²) < 4.78 is 0. The van der Waals surface area contributed by atoms with Gasteiger partial charge in [0.25, 0.3) is 0 Å². The number of hydrogen-bond acceptors (Lipinski definition) is 2. The van der Waals surface area contributed by atoms with Gasteiger partial charge in [-0.25, -0.2) is 0 Å². The fourth-order valence-electron chi connectivity index (χ4n) is 0.871. The Morgan fingerprint density at radius 1 is 1.56 bits per heavy atom. The third kappa shape index (κ3) is 1.63. The quantitative estimate of drug-likeness (QED) is 0.585. The van der Waals surface area contributed by atoms with Crippen molar-refractivity contribution in [1.29, 1.82) is 0 Å². The molecule has 0 saturated heterocycles. The van der Waals surface area contributed by atoms with E-state index in [0.717, 1.165) is 5.82 Å². The van der Waals surface area contributed by atoms with Gasteiger partial charge in [0.2, 0.25) is 0 Å². The van der Waals surface area contributed by atoms with Crippen molar-refractivity contribution in [2.45, 2.75) is 25.3 Å². The molecular weight excluding hydrogens is 112 g/mol. The third-order valence-corrected chi connectivity index (χ3v) is 1.79. The lowest BCUT2D eigenvalue weighted by Crippen LogP contribution is -2.37. The van der Waals surface area contributed by atoms with Crippen LogP contribution in [0.4, 0.5) is 0 Å². The average molecular weight is 126 g/mol. The summed E-state index contributed by atoms with van der Waals surface area (Å²) >= 11 is 0. The van der Waals surface area contributed by atoms with Crippen molar-refractivity contribution in [3.05, 3.63) is 12.4 Å². The van der Waals surface area contributed by atoms with Gasteiger partial charge in [0.05, 0.1) is 5.82 Å². The zero-order chi connectivity index (χ0) is 6.69. The van der Waals surface area contributed by atoms with Gasteiger partial charge in [0.15, 0.2) is 0 Å². The van der Waals surface area contributed by atoms with E-state index in [1.165, 1.54) is 19.3 Å². The fourth-order valence-corrected chi connectivity index (χ4v) is 0.871. The van der Waals surface area contributed by atoms with Crippen molar-refractivity contribution >= 4 is 0 Å². The van der Waals surface area contributed by atoms with Crippen molar-refractivity contribution in [3.8, 4) is 0 Å². The molecule has 0 atom stereocenters. The van der Waals surface area contributed by atoms with Crippen LogP contribution in [-0.2, 0) is 0 Å². The van der Waals surface area contributed by atoms with Gasteiger partial charge in [-0.1, -0.05) is 6.58 Å². The summed E-state index contributed by atoms with van der Waals surface area (Å²) in [5.41, 5.74) is 0. The topological polar surface area (TPSA) is 24.1 Å². The Balaban J connectivity index is 2.09. The summed E-state index contributed by atoms with van der Waals surface area (Å²) in [5, 5.41) is 6.22. The van der Waals surface area contributed by atoms with Crippen LogP contribution in [0.15, 0.2) is 12.4 Å². The van der Waals surface area contributed by atoms with Crippen LogP contribution < -0.4 is 10.6 Å². The molecule has 0 spiro atoms. The van der Waals surface area contributed by atoms with Gasteiger partial charge in [-0.15, -0.1) is 0 Å². The lowest BCUT2D eigenvalue weighted by molar-refractivity contribution is 0.358. The van der Waals surface area contributed by atoms with Crippen molar-refractivity contribution in [2.75, 3.05) is 7.05 Å². The lowest BCUT2D eigenvalue weighted by atomic mass is 9.93. The number of hydrogen-bond donors (Lipinski definition) is 2. The Bertz CT molecular complexity index is 105. The SMILES string of the molecule is C=C(NC)NC1CCC1. The maximum absolute atomic E-state index is 3.77. The van der Waals surface area contributed by atoms with E-state index in [4.69, 9.17) is 0 Å². The molecule has 1 saturated carbocycles. The smallest absolute Gasteiger partial charge is 0.0911 e. The first-order chi connectivity index (χ1) is 4.33. The van der Waals surface area contributed by atoms with E-state index in [1.54, 1.807) is 0 Å². The Kier molecular flexibility index (Phi) is 1.98. The van der Waals surface area contributed by atoms with E-state index in [1.807, 2.05) is 7.05 Å². The monoisotopic (exact) mass is 126 g/mol. The average Bonchev–Trinajstić information content (AvgIpc) is 1.78. The normalized spacial score (nSPS) is 18.3. The minimum absolute atomic E-state index is 0.699. The summed E-state index contributed by atoms with van der Waals surface area (Å²) in [6, 6.07) is 0.699. The fraction of sp³-hybridized carbons (Fsp3) is 0.714. The molecule has 9 heavy (non-hydrogen) atoms. The Morgan fingerprint density at radius 2 is 2.22 bits per heavy atom. The van der Waals surface area contributed by atoms with Gasteiger partial charge in [-0.3, -0.25) is 0 Å². The van der Waals surface area contributed by atoms with Crippen LogP contribution in [0.2, 0.25) is 0 Å². The molecule has 1 aliphatic rings. The highest BCUT2D eigenvalue weighted by atomic mass is 15.1. The number of nitrogens with one attached hydrogen (secondary N) is 2. The second-order valence-electron chi connectivity index (χ2n) is 2.50. The second kappa shape index (κ2) is 2.76. The Morgan fingerprint density at radius 3 is 2.56 bits per heavy atom. The van der Waals surface area contributed by atoms with E-state index < -0.39 is 0 Å². The van der Waals surface area contributed by atoms with Gasteiger partial charge in [-0.2, -0.15) is 0 Å². The first-order valence-electron chi connectivity index (χ1n) is 3.46. The van der Waals surface area contributed by atoms with E-state index >= 15 is 0 Å². The summed E-state index contributed by atoms with van der Waals surface area (Å²) in [6.07, 6.45) is 3.98. The van der Waals surface area contributed by atoms with Gasteiger partial charge in [0, 0.05) is 13.1 Å². The number of rotatable bonds is 3. The molecule has 1 fully saturated rings. The van der Waals surface area contributed by atoms with Gasteiger partial charge < -0.3 is 10.6 Å². The standard InChI is InChI=1S/C7H14N2/c1-6(8-2)9-7-4-3-5-7/h7-9H,1,3-5H2,2H3. The molecule has 2 N–H and O–H groups in total. The highest BCUT2D eigenvalue weighted by molar-refractivity contribution is 4.92. The molecule has 0 aliphatic heterocycles. The molecule has 0 aromatic rings. The molecular formula is C7H14N2. The second-order valence-corrected chi connectivity index (χ2v) is 2.50. The van der Waals surface area contributed by atoms with Crippen molar-refractivity contribution < 1.29 is 0 Å². The van der Waals surface area contributed by atoms with Crippen LogP contribution in [0.3, 0.4) is 0 Å². The zero-order valence-corrected chi connectivity index (χ0v) is 5.91. The van der Waals surface area contributed by atoms with E-state index in [2.05, 4.69) is 17.2 Å². The Labute approximate surface area is 56.3 Å². The van der Waals surface area contributed by atoms with Crippen LogP contribution in [0.1, 0.15) is 19.3 Å². The molecule has 0 aromatic heterocycles. The van der Waals surface area contributed by atoms with E-state index in [9.17, 15) is 0 Å². The summed E-state index contributed by atoms with van der Waals surface area (Å²) in [7, 11) is 1.88. The largest absolute Gasteiger partial charge is 0.375 e. The molecule has 0 radical (unpaired) electrons. The van der Waals surface area contributed by atoms with Crippen LogP contribution in [0.25, 0.3) is 0 Å². The molecule has 1 rings (SSSR count). The summed E-state index contributed by atoms with van der Waals surface area (Å²) in [5.74, 6) is 0.944. The van der Waals surface area contributed by atoms with Gasteiger partial charge >= 0.3 is 0 Å². The zero-order valence-electron chi connectivity index (χ0n) is 5.91. The molecule has 0 amide bonds. The molecule has 0 heterocycles. The molecule has 52 valence electrons. The summed E-state index contributed by atoms with van der Waals surface area (Å²) in [4.78, 5) is 0. The highest BCUT2D eigenvalue weighted by Gasteiger charge is 2.16. The highest BCUT2D eigenvalue weighted by Crippen LogP contribution is 2.18. The predicted molar refractivity (Wildman–Crippen MR) is 39.0 cm³/mol. The predicted octanol–water partition coefficient (Wildman–Crippen LogP) is 0.819. The third-order valence-electron chi connectivity index (χ3n) is 1.79. The molecule has 1 aliphatic carbocycles. The van der Waals surface area contributed by atoms with Crippen molar-refractivity contribution in [2.24, 2.45) is 0 Å². The summed E-state index contributed by atoms with van der Waals surface area (Å²) in [6.45, 7) is 3.77. The van der Waals surface area contributed by atoms with E-state index in [-0.39, 0.29) is 0 Å². The first kappa shape index (κ1) is 6.46. The van der Waals surface area contributed by atoms with Crippen LogP contribution in [0, 0.1) is 0 Å². The lowest BCUT2D eigenvalue weighted by Gasteiger charge is -2.28. The van der Waals surface area contributed by atoms with E-state index in [0.29, 0.717) is 6.04 Å². The van der Waals surface area contributed by atoms with Crippen molar-refractivity contribution in [3.63, 3.8) is 0 Å². The molecule has 0 bridgehead atoms. The van der Waals surface area contributed by atoms with Crippen LogP contribution >= 0.6 is 0 Å². The first-order valence-corrected chi connectivity index (χ1v) is 3.46. The molecule has 0 aromatic carbocycles. The van der Waals surface area contributed by atoms with Crippen LogP contribution in [-0.4, -0.2) is 13.1 Å². The van der Waals surface area contributed by atoms with Gasteiger partial charge in [0.1, 0.15) is 0 Å². The van der Waals surface area contributed by atoms with Crippen molar-refractivity contribution in [1.82, 2.24) is 10.6 Å². The maximum Gasteiger partial charge on any atom is 0.0911 e. The molecule has 0 unspecified atom stereocenters. The molecule has 2 heteroatoms.